The van der Waals surface area contributed by atoms with Gasteiger partial charge >= 0.3 is 17.9 Å². The molecule has 0 heterocycles. The molecule has 8 heteroatoms. The summed E-state index contributed by atoms with van der Waals surface area (Å²) in [4.78, 5) is 52.0. The fourth-order valence-corrected chi connectivity index (χ4v) is 12.7. The number of aliphatic carboxylic acids is 1. The van der Waals surface area contributed by atoms with E-state index in [0.29, 0.717) is 24.8 Å². The number of carboxylic acids is 1. The number of likely N-dealkylation sites (N-methyl/N-ethyl adjacent to an activating group) is 1. The van der Waals surface area contributed by atoms with Crippen LogP contribution in [0.25, 0.3) is 0 Å². The van der Waals surface area contributed by atoms with E-state index in [1.54, 1.807) is 13.8 Å². The maximum absolute atomic E-state index is 14.1. The van der Waals surface area contributed by atoms with E-state index in [1.165, 1.54) is 5.57 Å². The zero-order valence-corrected chi connectivity index (χ0v) is 33.2. The van der Waals surface area contributed by atoms with Gasteiger partial charge in [-0.25, -0.2) is 0 Å². The number of allylic oxidation sites excluding steroid dienone is 1. The number of hydrogen-bond acceptors (Lipinski definition) is 7. The molecule has 0 aliphatic heterocycles. The minimum atomic E-state index is -1.17. The SMILES string of the molecule is CNC[C@H](OC(=O)C(C)C)[C@@]12CC[C@]3(C)[C@H](CC[C@@H]4[C@@]5(C)CC[C@H](OC(=O)CC(C)(C)C(=O)O)C(C)(C)[C@@H]5CC[C@]43C)C1=C(C(C)C)C(=O)C2. The van der Waals surface area contributed by atoms with E-state index < -0.39 is 22.8 Å². The van der Waals surface area contributed by atoms with Crippen molar-refractivity contribution in [2.45, 2.75) is 153 Å². The molecule has 9 atom stereocenters. The summed E-state index contributed by atoms with van der Waals surface area (Å²) in [5, 5.41) is 12.9. The molecule has 2 N–H and O–H groups in total. The van der Waals surface area contributed by atoms with Gasteiger partial charge in [0.1, 0.15) is 12.2 Å². The van der Waals surface area contributed by atoms with Crippen LogP contribution in [0.3, 0.4) is 0 Å². The predicted octanol–water partition coefficient (Wildman–Crippen LogP) is 8.17. The molecule has 0 unspecified atom stereocenters. The Kier molecular flexibility index (Phi) is 10.2. The standard InChI is InChI=1S/C42H67NO7/c1-24(2)33-27(44)21-42(31(23-43-12)50-35(46)25(3)4)20-19-40(10)26(34(33)42)13-14-29-39(9)17-16-30(49-32(45)22-37(5,6)36(47)48)38(7,8)28(39)15-18-41(29,40)11/h24-26,28-31,43H,13-23H2,1-12H3,(H,47,48)/t26-,28+,29-,30+,31+,39+,40-,41-,42+/m1/s1. The Morgan fingerprint density at radius 3 is 2.14 bits per heavy atom. The highest BCUT2D eigenvalue weighted by Crippen LogP contribution is 2.77. The summed E-state index contributed by atoms with van der Waals surface area (Å²) >= 11 is 0. The number of ether oxygens (including phenoxy) is 2. The van der Waals surface area contributed by atoms with E-state index in [-0.39, 0.29) is 69.8 Å². The van der Waals surface area contributed by atoms with Crippen molar-refractivity contribution >= 4 is 23.7 Å². The lowest BCUT2D eigenvalue weighted by molar-refractivity contribution is -0.235. The lowest BCUT2D eigenvalue weighted by Crippen LogP contribution is -2.66. The number of carboxylic acid groups (broad SMARTS) is 1. The molecule has 0 bridgehead atoms. The predicted molar refractivity (Wildman–Crippen MR) is 194 cm³/mol. The maximum Gasteiger partial charge on any atom is 0.309 e. The minimum absolute atomic E-state index is 0.0182. The first-order valence-corrected chi connectivity index (χ1v) is 19.6. The van der Waals surface area contributed by atoms with Crippen LogP contribution in [-0.4, -0.2) is 54.6 Å². The summed E-state index contributed by atoms with van der Waals surface area (Å²) in [6.45, 7) is 23.9. The Hall–Kier alpha value is -2.22. The third kappa shape index (κ3) is 5.80. The molecule has 5 rings (SSSR count). The van der Waals surface area contributed by atoms with Crippen LogP contribution in [-0.2, 0) is 28.7 Å². The molecule has 5 aliphatic carbocycles. The number of Topliss-reactive ketones (excluding diaryl/α,β-unsaturated/α-hetero) is 1. The molecule has 0 amide bonds. The molecule has 50 heavy (non-hydrogen) atoms. The van der Waals surface area contributed by atoms with Gasteiger partial charge in [0, 0.05) is 23.8 Å². The van der Waals surface area contributed by atoms with Crippen LogP contribution in [0.15, 0.2) is 11.1 Å². The average Bonchev–Trinajstić information content (AvgIpc) is 3.31. The highest BCUT2D eigenvalue weighted by molar-refractivity contribution is 6.01. The Labute approximate surface area is 301 Å². The minimum Gasteiger partial charge on any atom is -0.481 e. The van der Waals surface area contributed by atoms with Gasteiger partial charge in [0.05, 0.1) is 17.8 Å². The van der Waals surface area contributed by atoms with Crippen molar-refractivity contribution in [3.8, 4) is 0 Å². The van der Waals surface area contributed by atoms with E-state index >= 15 is 0 Å². The highest BCUT2D eigenvalue weighted by Gasteiger charge is 2.71. The van der Waals surface area contributed by atoms with Crippen molar-refractivity contribution in [3.63, 3.8) is 0 Å². The lowest BCUT2D eigenvalue weighted by Gasteiger charge is -2.72. The summed E-state index contributed by atoms with van der Waals surface area (Å²) in [5.41, 5.74) is 0.516. The van der Waals surface area contributed by atoms with Crippen molar-refractivity contribution in [1.82, 2.24) is 5.32 Å². The summed E-state index contributed by atoms with van der Waals surface area (Å²) in [6.07, 6.45) is 7.47. The molecular weight excluding hydrogens is 630 g/mol. The van der Waals surface area contributed by atoms with Crippen LogP contribution in [0.4, 0.5) is 0 Å². The summed E-state index contributed by atoms with van der Waals surface area (Å²) in [6, 6.07) is 0. The molecule has 0 aromatic heterocycles. The van der Waals surface area contributed by atoms with E-state index in [9.17, 15) is 24.3 Å². The van der Waals surface area contributed by atoms with E-state index in [4.69, 9.17) is 9.47 Å². The third-order valence-electron chi connectivity index (χ3n) is 15.6. The van der Waals surface area contributed by atoms with Crippen LogP contribution in [0.5, 0.6) is 0 Å². The van der Waals surface area contributed by atoms with Gasteiger partial charge in [-0.2, -0.15) is 0 Å². The fraction of sp³-hybridized carbons (Fsp3) is 0.857. The lowest BCUT2D eigenvalue weighted by atomic mass is 9.33. The van der Waals surface area contributed by atoms with Crippen molar-refractivity contribution in [3.05, 3.63) is 11.1 Å². The van der Waals surface area contributed by atoms with Gasteiger partial charge in [-0.3, -0.25) is 19.2 Å². The normalized spacial score (nSPS) is 38.6. The Bertz CT molecular complexity index is 1430. The highest BCUT2D eigenvalue weighted by atomic mass is 16.5. The first-order valence-electron chi connectivity index (χ1n) is 19.6. The monoisotopic (exact) mass is 697 g/mol. The average molecular weight is 698 g/mol. The summed E-state index contributed by atoms with van der Waals surface area (Å²) in [7, 11) is 1.91. The number of esters is 2. The smallest absolute Gasteiger partial charge is 0.309 e. The van der Waals surface area contributed by atoms with Gasteiger partial charge in [-0.1, -0.05) is 62.3 Å². The Morgan fingerprint density at radius 1 is 0.900 bits per heavy atom. The van der Waals surface area contributed by atoms with Crippen LogP contribution >= 0.6 is 0 Å². The van der Waals surface area contributed by atoms with Gasteiger partial charge in [0.2, 0.25) is 0 Å². The molecule has 0 radical (unpaired) electrons. The van der Waals surface area contributed by atoms with Gasteiger partial charge in [-0.05, 0) is 123 Å². The molecular formula is C42H67NO7. The number of hydrogen-bond donors (Lipinski definition) is 2. The van der Waals surface area contributed by atoms with Crippen LogP contribution < -0.4 is 5.32 Å². The Morgan fingerprint density at radius 2 is 1.56 bits per heavy atom. The second-order valence-corrected chi connectivity index (χ2v) is 19.7. The number of ketones is 1. The van der Waals surface area contributed by atoms with Crippen LogP contribution in [0.2, 0.25) is 0 Å². The molecule has 5 aliphatic rings. The molecule has 0 spiro atoms. The van der Waals surface area contributed by atoms with Crippen LogP contribution in [0.1, 0.15) is 140 Å². The molecule has 0 aromatic carbocycles. The van der Waals surface area contributed by atoms with Crippen molar-refractivity contribution < 1.29 is 33.8 Å². The second kappa shape index (κ2) is 13.0. The van der Waals surface area contributed by atoms with Gasteiger partial charge in [0.15, 0.2) is 5.78 Å². The fourth-order valence-electron chi connectivity index (χ4n) is 12.7. The number of rotatable bonds is 10. The zero-order valence-electron chi connectivity index (χ0n) is 33.2. The quantitative estimate of drug-likeness (QED) is 0.220. The van der Waals surface area contributed by atoms with E-state index in [1.807, 2.05) is 20.9 Å². The van der Waals surface area contributed by atoms with Gasteiger partial charge in [0.25, 0.3) is 0 Å². The van der Waals surface area contributed by atoms with Gasteiger partial charge in [-0.15, -0.1) is 0 Å². The number of carbonyl (C=O) groups excluding carboxylic acids is 3. The molecule has 0 aromatic rings. The first-order chi connectivity index (χ1) is 23.0. The topological polar surface area (TPSA) is 119 Å². The second-order valence-electron chi connectivity index (χ2n) is 19.7. The van der Waals surface area contributed by atoms with Crippen LogP contribution in [0, 0.1) is 62.1 Å². The zero-order chi connectivity index (χ0) is 37.4. The number of fused-ring (bicyclic) bond motifs is 7. The number of carbonyl (C=O) groups is 4. The molecule has 282 valence electrons. The van der Waals surface area contributed by atoms with Crippen molar-refractivity contribution in [2.24, 2.45) is 62.1 Å². The Balaban J connectivity index is 1.49. The third-order valence-corrected chi connectivity index (χ3v) is 15.6. The maximum atomic E-state index is 14.1. The first kappa shape index (κ1) is 39.0. The van der Waals surface area contributed by atoms with E-state index in [2.05, 4.69) is 53.8 Å². The van der Waals surface area contributed by atoms with Gasteiger partial charge < -0.3 is 19.9 Å². The summed E-state index contributed by atoms with van der Waals surface area (Å²) in [5.74, 6) is -0.404. The molecule has 4 fully saturated rings. The van der Waals surface area contributed by atoms with Crippen molar-refractivity contribution in [2.75, 3.05) is 13.6 Å². The molecule has 4 saturated carbocycles. The largest absolute Gasteiger partial charge is 0.481 e. The number of nitrogens with one attached hydrogen (secondary N) is 1. The molecule has 8 nitrogen and oxygen atoms in total. The van der Waals surface area contributed by atoms with Crippen molar-refractivity contribution in [1.29, 1.82) is 0 Å². The summed E-state index contributed by atoms with van der Waals surface area (Å²) < 4.78 is 12.5. The van der Waals surface area contributed by atoms with E-state index in [0.717, 1.165) is 56.9 Å². The molecule has 0 saturated heterocycles.